The fourth-order valence-corrected chi connectivity index (χ4v) is 1.85. The van der Waals surface area contributed by atoms with Gasteiger partial charge in [-0.15, -0.1) is 0 Å². The minimum absolute atomic E-state index is 0.311. The highest BCUT2D eigenvalue weighted by atomic mass is 19.4. The summed E-state index contributed by atoms with van der Waals surface area (Å²) in [5.74, 6) is -3.78. The molecule has 2 rings (SSSR count). The van der Waals surface area contributed by atoms with Gasteiger partial charge in [-0.2, -0.15) is 13.2 Å². The van der Waals surface area contributed by atoms with Crippen LogP contribution in [-0.2, 0) is 11.0 Å². The first-order chi connectivity index (χ1) is 11.0. The molecule has 0 aromatic carbocycles. The number of aromatic amines is 1. The lowest BCUT2D eigenvalue weighted by atomic mass is 10.1. The second-order valence-corrected chi connectivity index (χ2v) is 4.78. The number of aliphatic carboxylic acids is 1. The standard InChI is InChI=1S/C13H10F3N3O5/c1-4(12(23)24)17-10(21)7-8(20)5-2-3-6(13(14,15)16)18-9(5)19-11(7)22/h2-4H,1H3,(H,17,21)(H,23,24)(H2,18,19,20,22)/p-1. The van der Waals surface area contributed by atoms with E-state index >= 15 is 0 Å². The summed E-state index contributed by atoms with van der Waals surface area (Å²) in [6.45, 7) is 1.07. The van der Waals surface area contributed by atoms with Crippen molar-refractivity contribution in [1.82, 2.24) is 15.3 Å². The summed E-state index contributed by atoms with van der Waals surface area (Å²) in [7, 11) is 0. The third kappa shape index (κ3) is 3.14. The van der Waals surface area contributed by atoms with E-state index in [0.717, 1.165) is 13.0 Å². The normalized spacial score (nSPS) is 12.8. The molecule has 11 heteroatoms. The van der Waals surface area contributed by atoms with E-state index < -0.39 is 52.3 Å². The van der Waals surface area contributed by atoms with Crippen molar-refractivity contribution in [3.05, 3.63) is 33.7 Å². The molecule has 0 spiro atoms. The number of aromatic nitrogens is 2. The lowest BCUT2D eigenvalue weighted by Crippen LogP contribution is -2.46. The van der Waals surface area contributed by atoms with Crippen molar-refractivity contribution in [3.63, 3.8) is 0 Å². The summed E-state index contributed by atoms with van der Waals surface area (Å²) in [6.07, 6.45) is -4.76. The molecule has 0 fully saturated rings. The Kier molecular flexibility index (Phi) is 4.19. The zero-order valence-electron chi connectivity index (χ0n) is 11.9. The summed E-state index contributed by atoms with van der Waals surface area (Å²) in [5.41, 5.74) is -3.95. The Bertz CT molecular complexity index is 891. The van der Waals surface area contributed by atoms with Gasteiger partial charge in [-0.05, 0) is 19.1 Å². The van der Waals surface area contributed by atoms with Gasteiger partial charge in [0.25, 0.3) is 11.5 Å². The van der Waals surface area contributed by atoms with Gasteiger partial charge < -0.3 is 25.3 Å². The first-order valence-electron chi connectivity index (χ1n) is 6.37. The van der Waals surface area contributed by atoms with Gasteiger partial charge in [0, 0.05) is 0 Å². The van der Waals surface area contributed by atoms with Crippen LogP contribution in [0.3, 0.4) is 0 Å². The van der Waals surface area contributed by atoms with Crippen LogP contribution in [0.4, 0.5) is 13.2 Å². The van der Waals surface area contributed by atoms with Crippen molar-refractivity contribution >= 4 is 22.9 Å². The third-order valence-electron chi connectivity index (χ3n) is 3.06. The van der Waals surface area contributed by atoms with Crippen LogP contribution >= 0.6 is 0 Å². The number of rotatable bonds is 3. The number of H-pyrrole nitrogens is 1. The number of carbonyl (C=O) groups excluding carboxylic acids is 2. The summed E-state index contributed by atoms with van der Waals surface area (Å²) in [4.78, 5) is 39.5. The number of hydrogen-bond donors (Lipinski definition) is 3. The molecule has 2 heterocycles. The van der Waals surface area contributed by atoms with Crippen LogP contribution in [0, 0.1) is 0 Å². The van der Waals surface area contributed by atoms with Crippen LogP contribution < -0.4 is 16.0 Å². The Hall–Kier alpha value is -3.11. The predicted octanol–water partition coefficient (Wildman–Crippen LogP) is -0.484. The number of fused-ring (bicyclic) bond motifs is 1. The Balaban J connectivity index is 2.56. The zero-order valence-corrected chi connectivity index (χ0v) is 11.9. The van der Waals surface area contributed by atoms with E-state index in [4.69, 9.17) is 0 Å². The minimum atomic E-state index is -4.76. The number of carbonyl (C=O) groups is 2. The molecule has 128 valence electrons. The van der Waals surface area contributed by atoms with E-state index in [9.17, 15) is 37.8 Å². The molecule has 24 heavy (non-hydrogen) atoms. The molecule has 8 nitrogen and oxygen atoms in total. The van der Waals surface area contributed by atoms with E-state index in [2.05, 4.69) is 4.98 Å². The SMILES string of the molecule is CC(NC(=O)c1c(O)c2ccc(C(F)(F)F)nc2[nH]c1=O)C(=O)[O-]. The molecule has 1 amide bonds. The Morgan fingerprint density at radius 1 is 1.38 bits per heavy atom. The first kappa shape index (κ1) is 17.2. The fraction of sp³-hybridized carbons (Fsp3) is 0.231. The number of hydrogen-bond acceptors (Lipinski definition) is 6. The maximum Gasteiger partial charge on any atom is 0.433 e. The molecule has 0 bridgehead atoms. The predicted molar refractivity (Wildman–Crippen MR) is 71.0 cm³/mol. The summed E-state index contributed by atoms with van der Waals surface area (Å²) >= 11 is 0. The number of amides is 1. The molecular formula is C13H9F3N3O5-. The molecule has 0 aliphatic heterocycles. The number of aromatic hydroxyl groups is 1. The molecule has 1 unspecified atom stereocenters. The number of carboxylic acids is 1. The molecule has 3 N–H and O–H groups in total. The fourth-order valence-electron chi connectivity index (χ4n) is 1.85. The highest BCUT2D eigenvalue weighted by Crippen LogP contribution is 2.31. The second kappa shape index (κ2) is 5.83. The van der Waals surface area contributed by atoms with Crippen LogP contribution in [0.5, 0.6) is 5.75 Å². The van der Waals surface area contributed by atoms with E-state index in [1.54, 1.807) is 0 Å². The van der Waals surface area contributed by atoms with Crippen LogP contribution in [0.1, 0.15) is 23.0 Å². The molecule has 0 saturated heterocycles. The van der Waals surface area contributed by atoms with Crippen LogP contribution in [0.15, 0.2) is 16.9 Å². The monoisotopic (exact) mass is 344 g/mol. The van der Waals surface area contributed by atoms with Crippen LogP contribution in [-0.4, -0.2) is 33.0 Å². The van der Waals surface area contributed by atoms with Crippen molar-refractivity contribution in [2.45, 2.75) is 19.1 Å². The molecule has 1 atom stereocenters. The third-order valence-corrected chi connectivity index (χ3v) is 3.06. The molecular weight excluding hydrogens is 335 g/mol. The van der Waals surface area contributed by atoms with E-state index in [1.807, 2.05) is 10.3 Å². The first-order valence-corrected chi connectivity index (χ1v) is 6.37. The lowest BCUT2D eigenvalue weighted by molar-refractivity contribution is -0.307. The maximum atomic E-state index is 12.6. The molecule has 0 saturated carbocycles. The number of alkyl halides is 3. The highest BCUT2D eigenvalue weighted by Gasteiger charge is 2.33. The second-order valence-electron chi connectivity index (χ2n) is 4.78. The summed E-state index contributed by atoms with van der Waals surface area (Å²) in [5, 5.41) is 22.2. The molecule has 0 aliphatic rings. The van der Waals surface area contributed by atoms with Crippen LogP contribution in [0.25, 0.3) is 11.0 Å². The molecule has 0 radical (unpaired) electrons. The Morgan fingerprint density at radius 3 is 2.54 bits per heavy atom. The van der Waals surface area contributed by atoms with Crippen molar-refractivity contribution < 1.29 is 33.0 Å². The summed E-state index contributed by atoms with van der Waals surface area (Å²) in [6, 6.07) is -0.0703. The number of halogens is 3. The van der Waals surface area contributed by atoms with Gasteiger partial charge in [0.05, 0.1) is 17.4 Å². The molecule has 2 aromatic heterocycles. The molecule has 2 aromatic rings. The van der Waals surface area contributed by atoms with Crippen molar-refractivity contribution in [1.29, 1.82) is 0 Å². The van der Waals surface area contributed by atoms with Crippen molar-refractivity contribution in [2.24, 2.45) is 0 Å². The van der Waals surface area contributed by atoms with Crippen molar-refractivity contribution in [3.8, 4) is 5.75 Å². The Labute approximate surface area is 130 Å². The smallest absolute Gasteiger partial charge is 0.433 e. The van der Waals surface area contributed by atoms with Crippen LogP contribution in [0.2, 0.25) is 0 Å². The van der Waals surface area contributed by atoms with Gasteiger partial charge in [-0.1, -0.05) is 0 Å². The minimum Gasteiger partial charge on any atom is -0.548 e. The van der Waals surface area contributed by atoms with Gasteiger partial charge in [-0.3, -0.25) is 9.59 Å². The largest absolute Gasteiger partial charge is 0.548 e. The Morgan fingerprint density at radius 2 is 2.00 bits per heavy atom. The van der Waals surface area contributed by atoms with Gasteiger partial charge >= 0.3 is 6.18 Å². The van der Waals surface area contributed by atoms with Gasteiger partial charge in [0.15, 0.2) is 0 Å². The average molecular weight is 344 g/mol. The van der Waals surface area contributed by atoms with Gasteiger partial charge in [0.2, 0.25) is 0 Å². The summed E-state index contributed by atoms with van der Waals surface area (Å²) < 4.78 is 37.8. The average Bonchev–Trinajstić information content (AvgIpc) is 2.45. The van der Waals surface area contributed by atoms with Gasteiger partial charge in [-0.25, -0.2) is 4.98 Å². The number of nitrogens with zero attached hydrogens (tertiary/aromatic N) is 1. The molecule has 0 aliphatic carbocycles. The zero-order chi connectivity index (χ0) is 18.2. The number of pyridine rings is 2. The quantitative estimate of drug-likeness (QED) is 0.688. The topological polar surface area (TPSA) is 135 Å². The maximum absolute atomic E-state index is 12.6. The number of carboxylic acid groups (broad SMARTS) is 1. The van der Waals surface area contributed by atoms with E-state index in [-0.39, 0.29) is 5.39 Å². The lowest BCUT2D eigenvalue weighted by Gasteiger charge is -2.15. The van der Waals surface area contributed by atoms with E-state index in [1.165, 1.54) is 0 Å². The van der Waals surface area contributed by atoms with E-state index in [0.29, 0.717) is 6.07 Å². The highest BCUT2D eigenvalue weighted by molar-refractivity contribution is 6.02. The number of nitrogens with one attached hydrogen (secondary N) is 2. The van der Waals surface area contributed by atoms with Crippen molar-refractivity contribution in [2.75, 3.05) is 0 Å². The van der Waals surface area contributed by atoms with Gasteiger partial charge in [0.1, 0.15) is 22.7 Å².